The van der Waals surface area contributed by atoms with E-state index in [-0.39, 0.29) is 5.82 Å². The lowest BCUT2D eigenvalue weighted by atomic mass is 10.2. The fraction of sp³-hybridized carbons (Fsp3) is 0.538. The molecule has 2 atom stereocenters. The Morgan fingerprint density at radius 3 is 2.94 bits per heavy atom. The fourth-order valence-corrected chi connectivity index (χ4v) is 2.49. The van der Waals surface area contributed by atoms with Crippen molar-refractivity contribution < 1.29 is 9.13 Å². The van der Waals surface area contributed by atoms with Crippen LogP contribution in [-0.2, 0) is 11.3 Å². The van der Waals surface area contributed by atoms with Gasteiger partial charge in [0.05, 0.1) is 6.10 Å². The van der Waals surface area contributed by atoms with Crippen molar-refractivity contribution in [1.29, 1.82) is 0 Å². The molecular weight excluding hydrogens is 241 g/mol. The number of ether oxygens (including phenoxy) is 1. The van der Waals surface area contributed by atoms with Crippen LogP contribution < -0.4 is 5.32 Å². The maximum Gasteiger partial charge on any atom is 0.124 e. The molecule has 1 aromatic carbocycles. The molecule has 0 spiro atoms. The van der Waals surface area contributed by atoms with Crippen molar-refractivity contribution >= 4 is 11.6 Å². The van der Waals surface area contributed by atoms with Gasteiger partial charge < -0.3 is 10.1 Å². The smallest absolute Gasteiger partial charge is 0.124 e. The Labute approximate surface area is 106 Å². The zero-order valence-electron chi connectivity index (χ0n) is 9.88. The summed E-state index contributed by atoms with van der Waals surface area (Å²) < 4.78 is 18.2. The molecule has 0 heterocycles. The van der Waals surface area contributed by atoms with Gasteiger partial charge in [-0.15, -0.1) is 0 Å². The first-order chi connectivity index (χ1) is 8.19. The van der Waals surface area contributed by atoms with Crippen LogP contribution in [0.1, 0.15) is 24.8 Å². The third-order valence-electron chi connectivity index (χ3n) is 3.31. The lowest BCUT2D eigenvalue weighted by molar-refractivity contribution is 0.107. The van der Waals surface area contributed by atoms with Gasteiger partial charge in [0.15, 0.2) is 0 Å². The quantitative estimate of drug-likeness (QED) is 0.895. The van der Waals surface area contributed by atoms with Gasteiger partial charge in [-0.1, -0.05) is 17.7 Å². The van der Waals surface area contributed by atoms with Gasteiger partial charge in [0.25, 0.3) is 0 Å². The van der Waals surface area contributed by atoms with Crippen LogP contribution in [-0.4, -0.2) is 19.3 Å². The van der Waals surface area contributed by atoms with Crippen LogP contribution in [0.4, 0.5) is 4.39 Å². The standard InChI is InChI=1S/C13H17ClFNO/c1-17-12-5-4-11(7-12)16-8-9-2-3-10(15)6-13(9)14/h2-3,6,11-12,16H,4-5,7-8H2,1H3. The first kappa shape index (κ1) is 12.8. The molecule has 1 aliphatic rings. The summed E-state index contributed by atoms with van der Waals surface area (Å²) in [5.41, 5.74) is 0.939. The number of nitrogens with one attached hydrogen (secondary N) is 1. The Kier molecular flexibility index (Phi) is 4.37. The van der Waals surface area contributed by atoms with Crippen LogP contribution in [0.25, 0.3) is 0 Å². The van der Waals surface area contributed by atoms with Crippen molar-refractivity contribution in [2.24, 2.45) is 0 Å². The van der Waals surface area contributed by atoms with Crippen LogP contribution in [0, 0.1) is 5.82 Å². The van der Waals surface area contributed by atoms with Gasteiger partial charge in [-0.3, -0.25) is 0 Å². The zero-order chi connectivity index (χ0) is 12.3. The predicted molar refractivity (Wildman–Crippen MR) is 66.7 cm³/mol. The van der Waals surface area contributed by atoms with E-state index in [2.05, 4.69) is 5.32 Å². The van der Waals surface area contributed by atoms with E-state index >= 15 is 0 Å². The lowest BCUT2D eigenvalue weighted by Gasteiger charge is -2.13. The molecule has 17 heavy (non-hydrogen) atoms. The van der Waals surface area contributed by atoms with E-state index in [1.54, 1.807) is 13.2 Å². The zero-order valence-corrected chi connectivity index (χ0v) is 10.6. The minimum absolute atomic E-state index is 0.293. The Morgan fingerprint density at radius 1 is 1.47 bits per heavy atom. The molecule has 0 bridgehead atoms. The van der Waals surface area contributed by atoms with Gasteiger partial charge in [0, 0.05) is 24.7 Å². The molecule has 0 amide bonds. The van der Waals surface area contributed by atoms with Gasteiger partial charge in [0.1, 0.15) is 5.82 Å². The number of rotatable bonds is 4. The summed E-state index contributed by atoms with van der Waals surface area (Å²) in [6.45, 7) is 0.681. The van der Waals surface area contributed by atoms with Gasteiger partial charge in [-0.2, -0.15) is 0 Å². The molecule has 94 valence electrons. The van der Waals surface area contributed by atoms with E-state index in [4.69, 9.17) is 16.3 Å². The number of benzene rings is 1. The minimum Gasteiger partial charge on any atom is -0.381 e. The molecule has 1 aromatic rings. The van der Waals surface area contributed by atoms with Crippen LogP contribution >= 0.6 is 11.6 Å². The van der Waals surface area contributed by atoms with Crippen molar-refractivity contribution in [2.75, 3.05) is 7.11 Å². The second-order valence-electron chi connectivity index (χ2n) is 4.48. The molecule has 2 nitrogen and oxygen atoms in total. The molecule has 1 N–H and O–H groups in total. The number of methoxy groups -OCH3 is 1. The molecule has 1 aliphatic carbocycles. The second kappa shape index (κ2) is 5.80. The summed E-state index contributed by atoms with van der Waals surface area (Å²) in [4.78, 5) is 0. The van der Waals surface area contributed by atoms with E-state index < -0.39 is 0 Å². The summed E-state index contributed by atoms with van der Waals surface area (Å²) in [7, 11) is 1.75. The second-order valence-corrected chi connectivity index (χ2v) is 4.89. The predicted octanol–water partition coefficient (Wildman–Crippen LogP) is 3.14. The molecular formula is C13H17ClFNO. The average Bonchev–Trinajstić information content (AvgIpc) is 2.76. The summed E-state index contributed by atoms with van der Waals surface area (Å²) in [5, 5.41) is 3.92. The summed E-state index contributed by atoms with van der Waals surface area (Å²) in [5.74, 6) is -0.293. The molecule has 0 aliphatic heterocycles. The van der Waals surface area contributed by atoms with Crippen LogP contribution in [0.3, 0.4) is 0 Å². The SMILES string of the molecule is COC1CCC(NCc2ccc(F)cc2Cl)C1. The van der Waals surface area contributed by atoms with Gasteiger partial charge >= 0.3 is 0 Å². The highest BCUT2D eigenvalue weighted by Crippen LogP contribution is 2.23. The molecule has 0 radical (unpaired) electrons. The number of hydrogen-bond donors (Lipinski definition) is 1. The molecule has 2 rings (SSSR count). The summed E-state index contributed by atoms with van der Waals surface area (Å²) >= 11 is 5.97. The van der Waals surface area contributed by atoms with E-state index in [1.165, 1.54) is 12.1 Å². The third kappa shape index (κ3) is 3.41. The Balaban J connectivity index is 1.86. The van der Waals surface area contributed by atoms with Crippen LogP contribution in [0.5, 0.6) is 0 Å². The first-order valence-electron chi connectivity index (χ1n) is 5.89. The highest BCUT2D eigenvalue weighted by atomic mass is 35.5. The largest absolute Gasteiger partial charge is 0.381 e. The van der Waals surface area contributed by atoms with E-state index in [9.17, 15) is 4.39 Å². The summed E-state index contributed by atoms with van der Waals surface area (Å²) in [6.07, 6.45) is 3.63. The molecule has 2 unspecified atom stereocenters. The van der Waals surface area contributed by atoms with E-state index in [1.807, 2.05) is 0 Å². The Bertz CT molecular complexity index is 386. The minimum atomic E-state index is -0.293. The molecule has 0 saturated heterocycles. The van der Waals surface area contributed by atoms with Crippen molar-refractivity contribution in [2.45, 2.75) is 38.0 Å². The highest BCUT2D eigenvalue weighted by Gasteiger charge is 2.23. The van der Waals surface area contributed by atoms with Crippen LogP contribution in [0.15, 0.2) is 18.2 Å². The number of halogens is 2. The van der Waals surface area contributed by atoms with E-state index in [0.29, 0.717) is 23.7 Å². The van der Waals surface area contributed by atoms with Gasteiger partial charge in [-0.25, -0.2) is 4.39 Å². The number of hydrogen-bond acceptors (Lipinski definition) is 2. The molecule has 4 heteroatoms. The highest BCUT2D eigenvalue weighted by molar-refractivity contribution is 6.31. The molecule has 1 fully saturated rings. The molecule has 1 saturated carbocycles. The maximum absolute atomic E-state index is 12.9. The fourth-order valence-electron chi connectivity index (χ4n) is 2.26. The monoisotopic (exact) mass is 257 g/mol. The van der Waals surface area contributed by atoms with Crippen molar-refractivity contribution in [3.8, 4) is 0 Å². The topological polar surface area (TPSA) is 21.3 Å². The normalized spacial score (nSPS) is 24.2. The third-order valence-corrected chi connectivity index (χ3v) is 3.67. The van der Waals surface area contributed by atoms with Crippen LogP contribution in [0.2, 0.25) is 5.02 Å². The lowest BCUT2D eigenvalue weighted by Crippen LogP contribution is -2.26. The Hall–Kier alpha value is -0.640. The summed E-state index contributed by atoms with van der Waals surface area (Å²) in [6, 6.07) is 5.00. The Morgan fingerprint density at radius 2 is 2.29 bits per heavy atom. The van der Waals surface area contributed by atoms with Crippen molar-refractivity contribution in [1.82, 2.24) is 5.32 Å². The average molecular weight is 258 g/mol. The van der Waals surface area contributed by atoms with Gasteiger partial charge in [0.2, 0.25) is 0 Å². The first-order valence-corrected chi connectivity index (χ1v) is 6.27. The van der Waals surface area contributed by atoms with Crippen molar-refractivity contribution in [3.63, 3.8) is 0 Å². The van der Waals surface area contributed by atoms with Gasteiger partial charge in [-0.05, 0) is 37.0 Å². The van der Waals surface area contributed by atoms with E-state index in [0.717, 1.165) is 24.8 Å². The molecule has 0 aromatic heterocycles. The maximum atomic E-state index is 12.9. The van der Waals surface area contributed by atoms with Crippen molar-refractivity contribution in [3.05, 3.63) is 34.6 Å².